The van der Waals surface area contributed by atoms with Crippen LogP contribution in [-0.4, -0.2) is 18.4 Å². The monoisotopic (exact) mass is 338 g/mol. The van der Waals surface area contributed by atoms with Gasteiger partial charge in [-0.2, -0.15) is 0 Å². The number of nitrogens with zero attached hydrogens (tertiary/aromatic N) is 1. The molecule has 0 aromatic heterocycles. The topological polar surface area (TPSA) is 49.4 Å². The van der Waals surface area contributed by atoms with Crippen molar-refractivity contribution in [2.75, 3.05) is 16.8 Å². The smallest absolute Gasteiger partial charge is 0.226 e. The zero-order valence-electron chi connectivity index (χ0n) is 15.4. The van der Waals surface area contributed by atoms with Gasteiger partial charge in [-0.3, -0.25) is 9.59 Å². The van der Waals surface area contributed by atoms with Crippen LogP contribution >= 0.6 is 0 Å². The summed E-state index contributed by atoms with van der Waals surface area (Å²) in [6, 6.07) is 17.3. The Morgan fingerprint density at radius 2 is 1.56 bits per heavy atom. The molecule has 25 heavy (non-hydrogen) atoms. The van der Waals surface area contributed by atoms with Gasteiger partial charge in [-0.1, -0.05) is 51.1 Å². The number of para-hydroxylation sites is 1. The molecule has 0 radical (unpaired) electrons. The highest BCUT2D eigenvalue weighted by Crippen LogP contribution is 2.23. The van der Waals surface area contributed by atoms with Crippen molar-refractivity contribution in [1.82, 2.24) is 0 Å². The average molecular weight is 338 g/mol. The zero-order valence-corrected chi connectivity index (χ0v) is 15.4. The number of nitrogens with one attached hydrogen (secondary N) is 1. The van der Waals surface area contributed by atoms with Gasteiger partial charge in [0.1, 0.15) is 0 Å². The molecule has 0 aliphatic rings. The molecule has 2 rings (SSSR count). The molecule has 0 saturated carbocycles. The molecule has 0 atom stereocenters. The lowest BCUT2D eigenvalue weighted by molar-refractivity contribution is -0.117. The number of anilines is 2. The summed E-state index contributed by atoms with van der Waals surface area (Å²) in [5.74, 6) is -0.181. The second-order valence-corrected chi connectivity index (χ2v) is 7.13. The minimum atomic E-state index is -0.106. The van der Waals surface area contributed by atoms with Crippen molar-refractivity contribution < 1.29 is 9.59 Å². The number of benzene rings is 2. The molecular weight excluding hydrogens is 312 g/mol. The van der Waals surface area contributed by atoms with E-state index in [1.165, 1.54) is 12.5 Å². The maximum Gasteiger partial charge on any atom is 0.226 e. The molecule has 2 aromatic rings. The summed E-state index contributed by atoms with van der Waals surface area (Å²) in [6.45, 7) is 8.32. The molecule has 4 nitrogen and oxygen atoms in total. The summed E-state index contributed by atoms with van der Waals surface area (Å²) >= 11 is 0. The minimum Gasteiger partial charge on any atom is -0.326 e. The van der Waals surface area contributed by atoms with Crippen LogP contribution in [0.25, 0.3) is 0 Å². The Bertz CT molecular complexity index is 716. The van der Waals surface area contributed by atoms with Crippen LogP contribution in [0.4, 0.5) is 11.4 Å². The highest BCUT2D eigenvalue weighted by atomic mass is 16.2. The fourth-order valence-corrected chi connectivity index (χ4v) is 2.57. The lowest BCUT2D eigenvalue weighted by Gasteiger charge is -2.21. The number of rotatable bonds is 5. The number of hydrogen-bond donors (Lipinski definition) is 1. The normalized spacial score (nSPS) is 11.0. The van der Waals surface area contributed by atoms with Gasteiger partial charge in [0.25, 0.3) is 0 Å². The third-order valence-corrected chi connectivity index (χ3v) is 4.05. The molecule has 2 amide bonds. The van der Waals surface area contributed by atoms with E-state index in [2.05, 4.69) is 26.1 Å². The third-order valence-electron chi connectivity index (χ3n) is 4.05. The molecule has 1 N–H and O–H groups in total. The summed E-state index contributed by atoms with van der Waals surface area (Å²) in [5, 5.41) is 2.89. The fourth-order valence-electron chi connectivity index (χ4n) is 2.57. The van der Waals surface area contributed by atoms with E-state index < -0.39 is 0 Å². The molecule has 0 heterocycles. The first-order valence-corrected chi connectivity index (χ1v) is 8.51. The summed E-state index contributed by atoms with van der Waals surface area (Å²) in [5.41, 5.74) is 2.88. The van der Waals surface area contributed by atoms with Crippen LogP contribution in [0.15, 0.2) is 54.6 Å². The molecule has 0 unspecified atom stereocenters. The van der Waals surface area contributed by atoms with Crippen LogP contribution in [0.5, 0.6) is 0 Å². The van der Waals surface area contributed by atoms with Crippen LogP contribution in [-0.2, 0) is 15.0 Å². The summed E-state index contributed by atoms with van der Waals surface area (Å²) in [4.78, 5) is 25.7. The van der Waals surface area contributed by atoms with Gasteiger partial charge in [0.2, 0.25) is 11.8 Å². The van der Waals surface area contributed by atoms with Crippen LogP contribution in [0, 0.1) is 0 Å². The van der Waals surface area contributed by atoms with E-state index in [0.29, 0.717) is 6.54 Å². The van der Waals surface area contributed by atoms with Crippen molar-refractivity contribution in [3.05, 3.63) is 60.2 Å². The second kappa shape index (κ2) is 7.97. The molecular formula is C21H26N2O2. The Morgan fingerprint density at radius 3 is 2.08 bits per heavy atom. The summed E-state index contributed by atoms with van der Waals surface area (Å²) < 4.78 is 0. The Morgan fingerprint density at radius 1 is 0.960 bits per heavy atom. The average Bonchev–Trinajstić information content (AvgIpc) is 2.55. The number of carbonyl (C=O) groups is 2. The largest absolute Gasteiger partial charge is 0.326 e. The first-order chi connectivity index (χ1) is 11.8. The molecule has 0 spiro atoms. The Balaban J connectivity index is 1.94. The SMILES string of the molecule is CC(=O)N(CCC(=O)Nc1ccc(C(C)(C)C)cc1)c1ccccc1. The predicted octanol–water partition coefficient (Wildman–Crippen LogP) is 4.37. The van der Waals surface area contributed by atoms with Crippen molar-refractivity contribution in [3.63, 3.8) is 0 Å². The Labute approximate surface area is 149 Å². The van der Waals surface area contributed by atoms with Gasteiger partial charge in [0.15, 0.2) is 0 Å². The highest BCUT2D eigenvalue weighted by Gasteiger charge is 2.15. The van der Waals surface area contributed by atoms with Crippen LogP contribution in [0.2, 0.25) is 0 Å². The van der Waals surface area contributed by atoms with Crippen molar-refractivity contribution >= 4 is 23.2 Å². The van der Waals surface area contributed by atoms with Gasteiger partial charge < -0.3 is 10.2 Å². The van der Waals surface area contributed by atoms with Crippen LogP contribution in [0.1, 0.15) is 39.7 Å². The first-order valence-electron chi connectivity index (χ1n) is 8.51. The van der Waals surface area contributed by atoms with Crippen molar-refractivity contribution in [2.45, 2.75) is 39.5 Å². The molecule has 0 saturated heterocycles. The van der Waals surface area contributed by atoms with Crippen LogP contribution < -0.4 is 10.2 Å². The number of carbonyl (C=O) groups excluding carboxylic acids is 2. The molecule has 0 aliphatic heterocycles. The van der Waals surface area contributed by atoms with E-state index in [1.807, 2.05) is 54.6 Å². The maximum atomic E-state index is 12.2. The van der Waals surface area contributed by atoms with E-state index in [0.717, 1.165) is 11.4 Å². The zero-order chi connectivity index (χ0) is 18.4. The van der Waals surface area contributed by atoms with E-state index >= 15 is 0 Å². The molecule has 0 bridgehead atoms. The Hall–Kier alpha value is -2.62. The molecule has 2 aromatic carbocycles. The van der Waals surface area contributed by atoms with E-state index in [4.69, 9.17) is 0 Å². The van der Waals surface area contributed by atoms with Crippen molar-refractivity contribution in [2.24, 2.45) is 0 Å². The van der Waals surface area contributed by atoms with Crippen LogP contribution in [0.3, 0.4) is 0 Å². The van der Waals surface area contributed by atoms with Gasteiger partial charge in [-0.15, -0.1) is 0 Å². The first kappa shape index (κ1) is 18.7. The molecule has 4 heteroatoms. The van der Waals surface area contributed by atoms with Gasteiger partial charge >= 0.3 is 0 Å². The molecule has 132 valence electrons. The van der Waals surface area contributed by atoms with E-state index in [9.17, 15) is 9.59 Å². The van der Waals surface area contributed by atoms with Gasteiger partial charge in [-0.25, -0.2) is 0 Å². The van der Waals surface area contributed by atoms with Gasteiger partial charge in [-0.05, 0) is 35.2 Å². The van der Waals surface area contributed by atoms with Gasteiger partial charge in [0, 0.05) is 31.3 Å². The Kier molecular flexibility index (Phi) is 5.97. The minimum absolute atomic E-state index is 0.0754. The van der Waals surface area contributed by atoms with Crippen molar-refractivity contribution in [3.8, 4) is 0 Å². The fraction of sp³-hybridized carbons (Fsp3) is 0.333. The molecule has 0 aliphatic carbocycles. The highest BCUT2D eigenvalue weighted by molar-refractivity contribution is 5.94. The summed E-state index contributed by atoms with van der Waals surface area (Å²) in [6.07, 6.45) is 0.246. The maximum absolute atomic E-state index is 12.2. The van der Waals surface area contributed by atoms with E-state index in [-0.39, 0.29) is 23.7 Å². The quantitative estimate of drug-likeness (QED) is 0.880. The third kappa shape index (κ3) is 5.45. The number of hydrogen-bond acceptors (Lipinski definition) is 2. The standard InChI is InChI=1S/C21H26N2O2/c1-16(24)23(19-8-6-5-7-9-19)15-14-20(25)22-18-12-10-17(11-13-18)21(2,3)4/h5-13H,14-15H2,1-4H3,(H,22,25). The van der Waals surface area contributed by atoms with Crippen molar-refractivity contribution in [1.29, 1.82) is 0 Å². The lowest BCUT2D eigenvalue weighted by Crippen LogP contribution is -2.31. The predicted molar refractivity (Wildman–Crippen MR) is 103 cm³/mol. The van der Waals surface area contributed by atoms with Gasteiger partial charge in [0.05, 0.1) is 0 Å². The van der Waals surface area contributed by atoms with E-state index in [1.54, 1.807) is 4.90 Å². The summed E-state index contributed by atoms with van der Waals surface area (Å²) in [7, 11) is 0. The lowest BCUT2D eigenvalue weighted by atomic mass is 9.87. The molecule has 0 fully saturated rings. The number of amides is 2. The second-order valence-electron chi connectivity index (χ2n) is 7.13.